The maximum Gasteiger partial charge on any atom is 0.230 e. The predicted octanol–water partition coefficient (Wildman–Crippen LogP) is 1.29. The van der Waals surface area contributed by atoms with E-state index in [1.807, 2.05) is 35.3 Å². The molecule has 0 unspecified atom stereocenters. The summed E-state index contributed by atoms with van der Waals surface area (Å²) in [7, 11) is 0. The Kier molecular flexibility index (Phi) is 3.29. The molecule has 3 fully saturated rings. The van der Waals surface area contributed by atoms with E-state index in [0.717, 1.165) is 19.3 Å². The van der Waals surface area contributed by atoms with Crippen LogP contribution in [0.2, 0.25) is 0 Å². The molecular weight excluding hydrogens is 316 g/mol. The van der Waals surface area contributed by atoms with Gasteiger partial charge < -0.3 is 15.0 Å². The van der Waals surface area contributed by atoms with Crippen molar-refractivity contribution in [2.24, 2.45) is 11.8 Å². The smallest absolute Gasteiger partial charge is 0.230 e. The van der Waals surface area contributed by atoms with E-state index in [1.54, 1.807) is 0 Å². The van der Waals surface area contributed by atoms with Crippen molar-refractivity contribution in [2.75, 3.05) is 13.1 Å². The zero-order valence-electron chi connectivity index (χ0n) is 14.1. The first-order valence-corrected chi connectivity index (χ1v) is 9.17. The normalized spacial score (nSPS) is 35.3. The maximum absolute atomic E-state index is 13.0. The molecule has 2 saturated heterocycles. The highest BCUT2D eigenvalue weighted by Gasteiger charge is 2.66. The molecule has 5 nitrogen and oxygen atoms in total. The number of carbonyl (C=O) groups excluding carboxylic acids is 2. The van der Waals surface area contributed by atoms with Crippen molar-refractivity contribution in [3.8, 4) is 0 Å². The average Bonchev–Trinajstić information content (AvgIpc) is 3.16. The first kappa shape index (κ1) is 15.1. The summed E-state index contributed by atoms with van der Waals surface area (Å²) < 4.78 is 6.14. The van der Waals surface area contributed by atoms with Crippen LogP contribution in [0.1, 0.15) is 18.4 Å². The SMILES string of the molecule is O=C(NC1CC1)[C@H]1[C@H]2C=C[C@]3(CN(CCc4ccccc4)C(=O)[C@@H]13)O2. The molecule has 1 N–H and O–H groups in total. The van der Waals surface area contributed by atoms with Crippen LogP contribution in [0.4, 0.5) is 0 Å². The second-order valence-corrected chi connectivity index (χ2v) is 7.68. The van der Waals surface area contributed by atoms with Crippen LogP contribution in [0.25, 0.3) is 0 Å². The highest BCUT2D eigenvalue weighted by atomic mass is 16.5. The molecule has 130 valence electrons. The number of nitrogens with one attached hydrogen (secondary N) is 1. The second kappa shape index (κ2) is 5.43. The van der Waals surface area contributed by atoms with Crippen LogP contribution in [0.3, 0.4) is 0 Å². The average molecular weight is 338 g/mol. The number of amides is 2. The monoisotopic (exact) mass is 338 g/mol. The van der Waals surface area contributed by atoms with Crippen LogP contribution in [0.5, 0.6) is 0 Å². The van der Waals surface area contributed by atoms with E-state index in [2.05, 4.69) is 17.4 Å². The molecule has 1 aliphatic carbocycles. The lowest BCUT2D eigenvalue weighted by Crippen LogP contribution is -2.44. The number of carbonyl (C=O) groups is 2. The van der Waals surface area contributed by atoms with Crippen molar-refractivity contribution in [3.05, 3.63) is 48.0 Å². The first-order valence-electron chi connectivity index (χ1n) is 9.17. The molecule has 1 saturated carbocycles. The van der Waals surface area contributed by atoms with Gasteiger partial charge in [0.15, 0.2) is 0 Å². The fraction of sp³-hybridized carbons (Fsp3) is 0.500. The fourth-order valence-corrected chi connectivity index (χ4v) is 4.50. The van der Waals surface area contributed by atoms with Gasteiger partial charge in [0.2, 0.25) is 11.8 Å². The van der Waals surface area contributed by atoms with Crippen molar-refractivity contribution in [1.82, 2.24) is 10.2 Å². The highest BCUT2D eigenvalue weighted by Crippen LogP contribution is 2.52. The van der Waals surface area contributed by atoms with E-state index < -0.39 is 5.60 Å². The van der Waals surface area contributed by atoms with E-state index in [0.29, 0.717) is 19.1 Å². The van der Waals surface area contributed by atoms with Crippen molar-refractivity contribution < 1.29 is 14.3 Å². The van der Waals surface area contributed by atoms with E-state index in [4.69, 9.17) is 4.74 Å². The lowest BCUT2D eigenvalue weighted by molar-refractivity contribution is -0.137. The summed E-state index contributed by atoms with van der Waals surface area (Å²) in [5.74, 6) is -0.683. The first-order chi connectivity index (χ1) is 12.2. The molecule has 4 atom stereocenters. The largest absolute Gasteiger partial charge is 0.360 e. The molecule has 3 aliphatic heterocycles. The third-order valence-corrected chi connectivity index (χ3v) is 5.92. The summed E-state index contributed by atoms with van der Waals surface area (Å²) in [6.45, 7) is 1.23. The Morgan fingerprint density at radius 3 is 2.84 bits per heavy atom. The van der Waals surface area contributed by atoms with Gasteiger partial charge in [-0.1, -0.05) is 42.5 Å². The molecule has 5 rings (SSSR count). The lowest BCUT2D eigenvalue weighted by atomic mass is 9.77. The Morgan fingerprint density at radius 2 is 2.08 bits per heavy atom. The van der Waals surface area contributed by atoms with Crippen molar-refractivity contribution in [1.29, 1.82) is 0 Å². The zero-order valence-corrected chi connectivity index (χ0v) is 14.1. The van der Waals surface area contributed by atoms with E-state index >= 15 is 0 Å². The summed E-state index contributed by atoms with van der Waals surface area (Å²) >= 11 is 0. The molecular formula is C20H22N2O3. The molecule has 1 aromatic rings. The third-order valence-electron chi connectivity index (χ3n) is 5.92. The van der Waals surface area contributed by atoms with Crippen LogP contribution < -0.4 is 5.32 Å². The molecule has 0 radical (unpaired) electrons. The van der Waals surface area contributed by atoms with Gasteiger partial charge in [0.25, 0.3) is 0 Å². The number of rotatable bonds is 5. The van der Waals surface area contributed by atoms with Crippen LogP contribution >= 0.6 is 0 Å². The topological polar surface area (TPSA) is 58.6 Å². The highest BCUT2D eigenvalue weighted by molar-refractivity contribution is 5.93. The molecule has 3 heterocycles. The van der Waals surface area contributed by atoms with Gasteiger partial charge in [-0.05, 0) is 24.8 Å². The van der Waals surface area contributed by atoms with Crippen LogP contribution in [-0.2, 0) is 20.7 Å². The lowest BCUT2D eigenvalue weighted by Gasteiger charge is -2.23. The Hall–Kier alpha value is -2.14. The number of benzene rings is 1. The van der Waals surface area contributed by atoms with Gasteiger partial charge in [0, 0.05) is 12.6 Å². The van der Waals surface area contributed by atoms with Gasteiger partial charge in [-0.3, -0.25) is 9.59 Å². The van der Waals surface area contributed by atoms with Crippen molar-refractivity contribution in [2.45, 2.75) is 37.0 Å². The minimum absolute atomic E-state index is 0.0121. The number of nitrogens with zero attached hydrogens (tertiary/aromatic N) is 1. The summed E-state index contributed by atoms with van der Waals surface area (Å²) in [6.07, 6.45) is 6.66. The molecule has 4 aliphatic rings. The molecule has 1 aromatic carbocycles. The summed E-state index contributed by atoms with van der Waals surface area (Å²) in [5.41, 5.74) is 0.623. The minimum Gasteiger partial charge on any atom is -0.360 e. The van der Waals surface area contributed by atoms with Crippen molar-refractivity contribution in [3.63, 3.8) is 0 Å². The zero-order chi connectivity index (χ0) is 17.0. The predicted molar refractivity (Wildman–Crippen MR) is 91.6 cm³/mol. The van der Waals surface area contributed by atoms with E-state index in [1.165, 1.54) is 5.56 Å². The van der Waals surface area contributed by atoms with Crippen molar-refractivity contribution >= 4 is 11.8 Å². The molecule has 2 bridgehead atoms. The molecule has 25 heavy (non-hydrogen) atoms. The van der Waals surface area contributed by atoms with Crippen LogP contribution in [-0.4, -0.2) is 47.6 Å². The van der Waals surface area contributed by atoms with Gasteiger partial charge in [-0.25, -0.2) is 0 Å². The number of hydrogen-bond donors (Lipinski definition) is 1. The summed E-state index contributed by atoms with van der Waals surface area (Å²) in [4.78, 5) is 27.6. The molecule has 1 spiro atoms. The van der Waals surface area contributed by atoms with Crippen LogP contribution in [0.15, 0.2) is 42.5 Å². The Balaban J connectivity index is 1.33. The summed E-state index contributed by atoms with van der Waals surface area (Å²) in [6, 6.07) is 10.5. The molecule has 5 heteroatoms. The number of fused-ring (bicyclic) bond motifs is 1. The summed E-state index contributed by atoms with van der Waals surface area (Å²) in [5, 5.41) is 3.06. The Labute approximate surface area is 147 Å². The van der Waals surface area contributed by atoms with Gasteiger partial charge in [-0.2, -0.15) is 0 Å². The van der Waals surface area contributed by atoms with Gasteiger partial charge in [0.05, 0.1) is 24.5 Å². The molecule has 2 amide bonds. The number of hydrogen-bond acceptors (Lipinski definition) is 3. The fourth-order valence-electron chi connectivity index (χ4n) is 4.50. The number of likely N-dealkylation sites (tertiary alicyclic amines) is 1. The quantitative estimate of drug-likeness (QED) is 0.823. The minimum atomic E-state index is -0.593. The standard InChI is InChI=1S/C20H22N2O3/c23-18(21-14-6-7-14)16-15-8-10-20(25-15)12-22(19(24)17(16)20)11-9-13-4-2-1-3-5-13/h1-5,8,10,14-17H,6-7,9,11-12H2,(H,21,23)/t15-,16+,17-,20-/m1/s1. The van der Waals surface area contributed by atoms with E-state index in [9.17, 15) is 9.59 Å². The van der Waals surface area contributed by atoms with Gasteiger partial charge >= 0.3 is 0 Å². The Morgan fingerprint density at radius 1 is 1.28 bits per heavy atom. The molecule has 0 aromatic heterocycles. The van der Waals surface area contributed by atoms with Gasteiger partial charge in [0.1, 0.15) is 5.60 Å². The van der Waals surface area contributed by atoms with E-state index in [-0.39, 0.29) is 29.8 Å². The third kappa shape index (κ3) is 2.41. The Bertz CT molecular complexity index is 743. The van der Waals surface area contributed by atoms with Gasteiger partial charge in [-0.15, -0.1) is 0 Å². The van der Waals surface area contributed by atoms with Crippen LogP contribution in [0, 0.1) is 11.8 Å². The second-order valence-electron chi connectivity index (χ2n) is 7.68. The number of ether oxygens (including phenoxy) is 1. The maximum atomic E-state index is 13.0.